The van der Waals surface area contributed by atoms with Gasteiger partial charge in [0, 0.05) is 12.2 Å². The first kappa shape index (κ1) is 12.5. The zero-order valence-corrected chi connectivity index (χ0v) is 11.8. The molecule has 0 saturated heterocycles. The summed E-state index contributed by atoms with van der Waals surface area (Å²) in [5.74, 6) is 0.0584. The van der Waals surface area contributed by atoms with Gasteiger partial charge in [-0.15, -0.1) is 0 Å². The van der Waals surface area contributed by atoms with Crippen molar-refractivity contribution in [1.82, 2.24) is 5.32 Å². The first-order chi connectivity index (χ1) is 10.3. The van der Waals surface area contributed by atoms with Crippen molar-refractivity contribution < 1.29 is 4.79 Å². The molecule has 0 radical (unpaired) electrons. The Balaban J connectivity index is 1.53. The SMILES string of the molecule is O=C(NC1CCc2ccccc21)C1CNc2ccccc21. The summed E-state index contributed by atoms with van der Waals surface area (Å²) < 4.78 is 0. The van der Waals surface area contributed by atoms with E-state index in [9.17, 15) is 4.79 Å². The molecule has 0 spiro atoms. The van der Waals surface area contributed by atoms with Crippen LogP contribution in [0.4, 0.5) is 5.69 Å². The van der Waals surface area contributed by atoms with Crippen LogP contribution in [0.3, 0.4) is 0 Å². The quantitative estimate of drug-likeness (QED) is 0.886. The summed E-state index contributed by atoms with van der Waals surface area (Å²) >= 11 is 0. The minimum atomic E-state index is -0.0750. The van der Waals surface area contributed by atoms with Crippen LogP contribution >= 0.6 is 0 Å². The predicted octanol–water partition coefficient (Wildman–Crippen LogP) is 3.00. The normalized spacial score (nSPS) is 22.3. The monoisotopic (exact) mass is 278 g/mol. The average Bonchev–Trinajstić information content (AvgIpc) is 3.12. The topological polar surface area (TPSA) is 41.1 Å². The van der Waals surface area contributed by atoms with Crippen LogP contribution in [-0.4, -0.2) is 12.5 Å². The number of aryl methyl sites for hydroxylation is 1. The van der Waals surface area contributed by atoms with E-state index in [1.807, 2.05) is 24.3 Å². The number of nitrogens with one attached hydrogen (secondary N) is 2. The van der Waals surface area contributed by atoms with Crippen molar-refractivity contribution in [3.05, 3.63) is 65.2 Å². The maximum Gasteiger partial charge on any atom is 0.229 e. The number of hydrogen-bond donors (Lipinski definition) is 2. The number of para-hydroxylation sites is 1. The Morgan fingerprint density at radius 2 is 1.81 bits per heavy atom. The van der Waals surface area contributed by atoms with Crippen LogP contribution in [0.2, 0.25) is 0 Å². The Labute approximate surface area is 124 Å². The number of benzene rings is 2. The maximum atomic E-state index is 12.6. The Bertz CT molecular complexity index is 695. The second-order valence-electron chi connectivity index (χ2n) is 5.82. The highest BCUT2D eigenvalue weighted by molar-refractivity contribution is 5.88. The third-order valence-corrected chi connectivity index (χ3v) is 4.60. The lowest BCUT2D eigenvalue weighted by atomic mass is 9.99. The van der Waals surface area contributed by atoms with Crippen molar-refractivity contribution in [3.63, 3.8) is 0 Å². The number of fused-ring (bicyclic) bond motifs is 2. The summed E-state index contributed by atoms with van der Waals surface area (Å²) in [5.41, 5.74) is 4.85. The van der Waals surface area contributed by atoms with E-state index in [0.29, 0.717) is 6.54 Å². The van der Waals surface area contributed by atoms with E-state index in [0.717, 1.165) is 24.1 Å². The molecule has 0 saturated carbocycles. The molecule has 3 heteroatoms. The van der Waals surface area contributed by atoms with Crippen molar-refractivity contribution in [2.45, 2.75) is 24.8 Å². The number of carbonyl (C=O) groups is 1. The van der Waals surface area contributed by atoms with E-state index >= 15 is 0 Å². The van der Waals surface area contributed by atoms with Gasteiger partial charge in [-0.1, -0.05) is 42.5 Å². The Morgan fingerprint density at radius 1 is 1.05 bits per heavy atom. The van der Waals surface area contributed by atoms with Crippen LogP contribution in [-0.2, 0) is 11.2 Å². The molecule has 1 aliphatic carbocycles. The second-order valence-corrected chi connectivity index (χ2v) is 5.82. The number of rotatable bonds is 2. The third-order valence-electron chi connectivity index (χ3n) is 4.60. The van der Waals surface area contributed by atoms with E-state index < -0.39 is 0 Å². The van der Waals surface area contributed by atoms with Crippen molar-refractivity contribution in [3.8, 4) is 0 Å². The lowest BCUT2D eigenvalue weighted by molar-refractivity contribution is -0.122. The molecule has 2 aromatic carbocycles. The first-order valence-electron chi connectivity index (χ1n) is 7.54. The van der Waals surface area contributed by atoms with Gasteiger partial charge in [-0.3, -0.25) is 4.79 Å². The molecule has 2 unspecified atom stereocenters. The van der Waals surface area contributed by atoms with E-state index in [4.69, 9.17) is 0 Å². The van der Waals surface area contributed by atoms with Crippen LogP contribution in [0.1, 0.15) is 35.1 Å². The maximum absolute atomic E-state index is 12.6. The van der Waals surface area contributed by atoms with Crippen molar-refractivity contribution in [1.29, 1.82) is 0 Å². The molecular formula is C18H18N2O. The van der Waals surface area contributed by atoms with Gasteiger partial charge in [-0.2, -0.15) is 0 Å². The highest BCUT2D eigenvalue weighted by Gasteiger charge is 2.31. The van der Waals surface area contributed by atoms with Crippen LogP contribution in [0, 0.1) is 0 Å². The zero-order valence-electron chi connectivity index (χ0n) is 11.8. The van der Waals surface area contributed by atoms with Gasteiger partial charge in [0.1, 0.15) is 0 Å². The average molecular weight is 278 g/mol. The van der Waals surface area contributed by atoms with Gasteiger partial charge < -0.3 is 10.6 Å². The summed E-state index contributed by atoms with van der Waals surface area (Å²) in [4.78, 5) is 12.6. The largest absolute Gasteiger partial charge is 0.384 e. The second kappa shape index (κ2) is 4.92. The van der Waals surface area contributed by atoms with Crippen molar-refractivity contribution in [2.75, 3.05) is 11.9 Å². The lowest BCUT2D eigenvalue weighted by Gasteiger charge is -2.17. The van der Waals surface area contributed by atoms with E-state index in [1.54, 1.807) is 0 Å². The van der Waals surface area contributed by atoms with Gasteiger partial charge in [0.2, 0.25) is 5.91 Å². The lowest BCUT2D eigenvalue weighted by Crippen LogP contribution is -2.32. The molecule has 2 aromatic rings. The van der Waals surface area contributed by atoms with E-state index in [2.05, 4.69) is 34.9 Å². The molecule has 0 aromatic heterocycles. The smallest absolute Gasteiger partial charge is 0.229 e. The number of amides is 1. The van der Waals surface area contributed by atoms with Gasteiger partial charge >= 0.3 is 0 Å². The minimum Gasteiger partial charge on any atom is -0.384 e. The molecule has 2 N–H and O–H groups in total. The molecule has 1 aliphatic heterocycles. The van der Waals surface area contributed by atoms with Crippen molar-refractivity contribution in [2.24, 2.45) is 0 Å². The van der Waals surface area contributed by atoms with Gasteiger partial charge in [0.25, 0.3) is 0 Å². The minimum absolute atomic E-state index is 0.0750. The highest BCUT2D eigenvalue weighted by Crippen LogP contribution is 2.34. The van der Waals surface area contributed by atoms with E-state index in [1.165, 1.54) is 11.1 Å². The van der Waals surface area contributed by atoms with Gasteiger partial charge in [0.15, 0.2) is 0 Å². The Kier molecular flexibility index (Phi) is 2.92. The molecule has 0 fully saturated rings. The molecular weight excluding hydrogens is 260 g/mol. The molecule has 3 nitrogen and oxygen atoms in total. The van der Waals surface area contributed by atoms with Crippen LogP contribution < -0.4 is 10.6 Å². The van der Waals surface area contributed by atoms with Crippen molar-refractivity contribution >= 4 is 11.6 Å². The molecule has 2 aliphatic rings. The van der Waals surface area contributed by atoms with Crippen LogP contribution in [0.25, 0.3) is 0 Å². The summed E-state index contributed by atoms with van der Waals surface area (Å²) in [6.45, 7) is 0.694. The number of anilines is 1. The molecule has 2 atom stereocenters. The molecule has 4 rings (SSSR count). The van der Waals surface area contributed by atoms with E-state index in [-0.39, 0.29) is 17.9 Å². The van der Waals surface area contributed by atoms with Crippen LogP contribution in [0.5, 0.6) is 0 Å². The fourth-order valence-corrected chi connectivity index (χ4v) is 3.50. The number of carbonyl (C=O) groups excluding carboxylic acids is 1. The molecule has 21 heavy (non-hydrogen) atoms. The fraction of sp³-hybridized carbons (Fsp3) is 0.278. The molecule has 1 amide bonds. The fourth-order valence-electron chi connectivity index (χ4n) is 3.50. The summed E-state index contributed by atoms with van der Waals surface area (Å²) in [5, 5.41) is 6.55. The van der Waals surface area contributed by atoms with Gasteiger partial charge in [0.05, 0.1) is 12.0 Å². The molecule has 0 bridgehead atoms. The standard InChI is InChI=1S/C18H18N2O/c21-18(15-11-19-16-8-4-3-7-14(15)16)20-17-10-9-12-5-1-2-6-13(12)17/h1-8,15,17,19H,9-11H2,(H,20,21). The Hall–Kier alpha value is -2.29. The first-order valence-corrected chi connectivity index (χ1v) is 7.54. The third kappa shape index (κ3) is 2.09. The van der Waals surface area contributed by atoms with Gasteiger partial charge in [-0.25, -0.2) is 0 Å². The summed E-state index contributed by atoms with van der Waals surface area (Å²) in [6.07, 6.45) is 2.06. The van der Waals surface area contributed by atoms with Crippen LogP contribution in [0.15, 0.2) is 48.5 Å². The molecule has 106 valence electrons. The summed E-state index contributed by atoms with van der Waals surface area (Å²) in [7, 11) is 0. The molecule has 1 heterocycles. The van der Waals surface area contributed by atoms with Gasteiger partial charge in [-0.05, 0) is 35.6 Å². The Morgan fingerprint density at radius 3 is 2.71 bits per heavy atom. The predicted molar refractivity (Wildman–Crippen MR) is 83.3 cm³/mol. The highest BCUT2D eigenvalue weighted by atomic mass is 16.2. The zero-order chi connectivity index (χ0) is 14.2. The number of hydrogen-bond acceptors (Lipinski definition) is 2. The summed E-state index contributed by atoms with van der Waals surface area (Å²) in [6, 6.07) is 16.7.